The van der Waals surface area contributed by atoms with E-state index in [0.717, 1.165) is 31.2 Å². The van der Waals surface area contributed by atoms with E-state index in [-0.39, 0.29) is 16.1 Å². The maximum absolute atomic E-state index is 12.8. The molecule has 1 aromatic heterocycles. The molecule has 2 heterocycles. The van der Waals surface area contributed by atoms with Gasteiger partial charge in [0.15, 0.2) is 0 Å². The van der Waals surface area contributed by atoms with Gasteiger partial charge < -0.3 is 5.32 Å². The van der Waals surface area contributed by atoms with Crippen LogP contribution in [0.4, 0.5) is 0 Å². The Hall–Kier alpha value is -1.61. The van der Waals surface area contributed by atoms with Gasteiger partial charge in [0.25, 0.3) is 0 Å². The molecule has 2 aromatic rings. The van der Waals surface area contributed by atoms with Gasteiger partial charge in [0.2, 0.25) is 15.9 Å². The fraction of sp³-hybridized carbons (Fsp3) is 0.429. The van der Waals surface area contributed by atoms with Crippen molar-refractivity contribution in [2.45, 2.75) is 54.3 Å². The zero-order valence-electron chi connectivity index (χ0n) is 16.9. The fourth-order valence-corrected chi connectivity index (χ4v) is 5.70. The fourth-order valence-electron chi connectivity index (χ4n) is 3.22. The predicted octanol–water partition coefficient (Wildman–Crippen LogP) is 4.10. The summed E-state index contributed by atoms with van der Waals surface area (Å²) in [5.74, 6) is -0.136. The number of sulfonamides is 1. The average molecular weight is 468 g/mol. The summed E-state index contributed by atoms with van der Waals surface area (Å²) in [6.07, 6.45) is 5.30. The molecule has 1 amide bonds. The second kappa shape index (κ2) is 10.6. The molecule has 1 aliphatic heterocycles. The summed E-state index contributed by atoms with van der Waals surface area (Å²) in [7, 11) is -3.52. The van der Waals surface area contributed by atoms with Crippen LogP contribution in [0, 0.1) is 0 Å². The topological polar surface area (TPSA) is 79.4 Å². The van der Waals surface area contributed by atoms with Gasteiger partial charge in [-0.2, -0.15) is 4.31 Å². The van der Waals surface area contributed by atoms with Crippen LogP contribution in [0.15, 0.2) is 52.5 Å². The monoisotopic (exact) mass is 467 g/mol. The van der Waals surface area contributed by atoms with Crippen LogP contribution in [0.25, 0.3) is 0 Å². The number of amides is 1. The number of rotatable bonds is 7. The number of benzene rings is 1. The molecule has 9 heteroatoms. The molecule has 162 valence electrons. The number of halogens is 1. The first-order valence-electron chi connectivity index (χ1n) is 10.0. The number of thioether (sulfide) groups is 1. The zero-order valence-corrected chi connectivity index (χ0v) is 19.3. The van der Waals surface area contributed by atoms with Crippen molar-refractivity contribution in [1.29, 1.82) is 0 Å². The average Bonchev–Trinajstić information content (AvgIpc) is 3.03. The van der Waals surface area contributed by atoms with Crippen molar-refractivity contribution in [2.75, 3.05) is 13.1 Å². The van der Waals surface area contributed by atoms with Gasteiger partial charge in [0.1, 0.15) is 4.90 Å². The molecule has 1 N–H and O–H groups in total. The van der Waals surface area contributed by atoms with Gasteiger partial charge in [-0.05, 0) is 43.5 Å². The second-order valence-corrected chi connectivity index (χ2v) is 10.9. The molecule has 0 spiro atoms. The van der Waals surface area contributed by atoms with E-state index in [1.54, 1.807) is 29.4 Å². The third-order valence-electron chi connectivity index (χ3n) is 4.99. The van der Waals surface area contributed by atoms with Crippen molar-refractivity contribution in [3.8, 4) is 0 Å². The molecule has 0 saturated carbocycles. The van der Waals surface area contributed by atoms with E-state index in [1.807, 2.05) is 18.2 Å². The summed E-state index contributed by atoms with van der Waals surface area (Å²) in [6, 6.07) is 10.6. The first kappa shape index (κ1) is 23.1. The molecule has 1 unspecified atom stereocenters. The Bertz CT molecular complexity index is 960. The zero-order chi connectivity index (χ0) is 21.6. The van der Waals surface area contributed by atoms with Crippen molar-refractivity contribution in [1.82, 2.24) is 14.6 Å². The van der Waals surface area contributed by atoms with Crippen molar-refractivity contribution in [3.63, 3.8) is 0 Å². The van der Waals surface area contributed by atoms with Crippen molar-refractivity contribution in [3.05, 3.63) is 53.2 Å². The standard InChI is InChI=1S/C21H26ClN3O3S2/c1-16(21(26)24-14-17-8-4-5-9-19(17)22)29-20-11-10-18(15-23-20)30(27,28)25-12-6-2-3-7-13-25/h4-5,8-11,15-16H,2-3,6-7,12-14H2,1H3,(H,24,26). The highest BCUT2D eigenvalue weighted by molar-refractivity contribution is 8.00. The van der Waals surface area contributed by atoms with Gasteiger partial charge in [-0.25, -0.2) is 13.4 Å². The number of hydrogen-bond donors (Lipinski definition) is 1. The molecular formula is C21H26ClN3O3S2. The van der Waals surface area contributed by atoms with Crippen LogP contribution in [-0.2, 0) is 21.4 Å². The largest absolute Gasteiger partial charge is 0.351 e. The van der Waals surface area contributed by atoms with Gasteiger partial charge in [-0.15, -0.1) is 0 Å². The van der Waals surface area contributed by atoms with E-state index in [4.69, 9.17) is 11.6 Å². The molecule has 30 heavy (non-hydrogen) atoms. The lowest BCUT2D eigenvalue weighted by atomic mass is 10.2. The van der Waals surface area contributed by atoms with E-state index in [1.165, 1.54) is 18.0 Å². The van der Waals surface area contributed by atoms with E-state index >= 15 is 0 Å². The summed E-state index contributed by atoms with van der Waals surface area (Å²) in [5.41, 5.74) is 0.853. The smallest absolute Gasteiger partial charge is 0.244 e. The van der Waals surface area contributed by atoms with Crippen molar-refractivity contribution in [2.24, 2.45) is 0 Å². The Morgan fingerprint density at radius 3 is 2.50 bits per heavy atom. The van der Waals surface area contributed by atoms with Crippen molar-refractivity contribution >= 4 is 39.3 Å². The van der Waals surface area contributed by atoms with Gasteiger partial charge in [-0.1, -0.05) is 54.4 Å². The number of carbonyl (C=O) groups excluding carboxylic acids is 1. The minimum absolute atomic E-state index is 0.136. The Morgan fingerprint density at radius 2 is 1.87 bits per heavy atom. The summed E-state index contributed by atoms with van der Waals surface area (Å²) >= 11 is 7.40. The lowest BCUT2D eigenvalue weighted by Gasteiger charge is -2.19. The summed E-state index contributed by atoms with van der Waals surface area (Å²) in [4.78, 5) is 16.9. The van der Waals surface area contributed by atoms with Crippen LogP contribution >= 0.6 is 23.4 Å². The highest BCUT2D eigenvalue weighted by Gasteiger charge is 2.25. The van der Waals surface area contributed by atoms with Crippen molar-refractivity contribution < 1.29 is 13.2 Å². The van der Waals surface area contributed by atoms with Crippen LogP contribution in [0.1, 0.15) is 38.2 Å². The maximum Gasteiger partial charge on any atom is 0.244 e. The molecule has 1 saturated heterocycles. The molecule has 0 aliphatic carbocycles. The lowest BCUT2D eigenvalue weighted by Crippen LogP contribution is -2.32. The lowest BCUT2D eigenvalue weighted by molar-refractivity contribution is -0.120. The van der Waals surface area contributed by atoms with E-state index < -0.39 is 10.0 Å². The predicted molar refractivity (Wildman–Crippen MR) is 120 cm³/mol. The van der Waals surface area contributed by atoms with Crippen LogP contribution in [0.3, 0.4) is 0 Å². The summed E-state index contributed by atoms with van der Waals surface area (Å²) in [6.45, 7) is 3.25. The molecule has 6 nitrogen and oxygen atoms in total. The van der Waals surface area contributed by atoms with Gasteiger partial charge in [0, 0.05) is 30.9 Å². The van der Waals surface area contributed by atoms with Crippen LogP contribution in [0.5, 0.6) is 0 Å². The number of hydrogen-bond acceptors (Lipinski definition) is 5. The Kier molecular flexibility index (Phi) is 8.16. The number of carbonyl (C=O) groups is 1. The Labute approximate surface area is 187 Å². The third-order valence-corrected chi connectivity index (χ3v) is 8.29. The molecule has 1 fully saturated rings. The highest BCUT2D eigenvalue weighted by Crippen LogP contribution is 2.25. The van der Waals surface area contributed by atoms with E-state index in [0.29, 0.717) is 29.7 Å². The van der Waals surface area contributed by atoms with Crippen LogP contribution < -0.4 is 5.32 Å². The van der Waals surface area contributed by atoms with Gasteiger partial charge >= 0.3 is 0 Å². The van der Waals surface area contributed by atoms with Crippen LogP contribution in [0.2, 0.25) is 5.02 Å². The first-order valence-corrected chi connectivity index (χ1v) is 12.7. The minimum atomic E-state index is -3.52. The molecular weight excluding hydrogens is 442 g/mol. The van der Waals surface area contributed by atoms with Crippen LogP contribution in [-0.4, -0.2) is 42.0 Å². The SMILES string of the molecule is CC(Sc1ccc(S(=O)(=O)N2CCCCCC2)cn1)C(=O)NCc1ccccc1Cl. The van der Waals surface area contributed by atoms with Gasteiger partial charge in [0.05, 0.1) is 10.3 Å². The molecule has 1 atom stereocenters. The highest BCUT2D eigenvalue weighted by atomic mass is 35.5. The second-order valence-electron chi connectivity index (χ2n) is 7.22. The maximum atomic E-state index is 12.8. The molecule has 0 bridgehead atoms. The van der Waals surface area contributed by atoms with E-state index in [9.17, 15) is 13.2 Å². The third kappa shape index (κ3) is 5.97. The molecule has 1 aromatic carbocycles. The quantitative estimate of drug-likeness (QED) is 0.620. The minimum Gasteiger partial charge on any atom is -0.351 e. The Balaban J connectivity index is 1.58. The normalized spacial score (nSPS) is 16.6. The number of pyridine rings is 1. The Morgan fingerprint density at radius 1 is 1.17 bits per heavy atom. The summed E-state index contributed by atoms with van der Waals surface area (Å²) < 4.78 is 27.2. The molecule has 1 aliphatic rings. The van der Waals surface area contributed by atoms with E-state index in [2.05, 4.69) is 10.3 Å². The van der Waals surface area contributed by atoms with Gasteiger partial charge in [-0.3, -0.25) is 4.79 Å². The summed E-state index contributed by atoms with van der Waals surface area (Å²) in [5, 5.41) is 3.70. The number of nitrogens with zero attached hydrogens (tertiary/aromatic N) is 2. The first-order chi connectivity index (χ1) is 14.4. The number of nitrogens with one attached hydrogen (secondary N) is 1. The molecule has 3 rings (SSSR count). The number of aromatic nitrogens is 1. The molecule has 0 radical (unpaired) electrons.